The van der Waals surface area contributed by atoms with Crippen LogP contribution in [0.1, 0.15) is 32.0 Å². The molecule has 1 aliphatic heterocycles. The molecular weight excluding hydrogens is 415 g/mol. The summed E-state index contributed by atoms with van der Waals surface area (Å²) in [6, 6.07) is 3.56. The van der Waals surface area contributed by atoms with Crippen LogP contribution in [0, 0.1) is 11.8 Å². The minimum absolute atomic E-state index is 0.0446. The highest BCUT2D eigenvalue weighted by molar-refractivity contribution is 5.81. The molecule has 1 saturated carbocycles. The number of nitrogens with zero attached hydrogens (tertiary/aromatic N) is 4. The maximum atomic E-state index is 12.7. The number of rotatable bonds is 5. The molecule has 2 aromatic heterocycles. The van der Waals surface area contributed by atoms with Gasteiger partial charge in [-0.2, -0.15) is 13.2 Å². The average Bonchev–Trinajstić information content (AvgIpc) is 3.40. The van der Waals surface area contributed by atoms with E-state index in [1.165, 1.54) is 7.11 Å². The van der Waals surface area contributed by atoms with Crippen LogP contribution in [0.5, 0.6) is 5.88 Å². The number of likely N-dealkylation sites (tertiary alicyclic amines) is 1. The van der Waals surface area contributed by atoms with Crippen molar-refractivity contribution in [2.75, 3.05) is 20.2 Å². The van der Waals surface area contributed by atoms with Crippen LogP contribution in [0.15, 0.2) is 18.3 Å². The molecule has 168 valence electrons. The van der Waals surface area contributed by atoms with Gasteiger partial charge in [-0.05, 0) is 37.2 Å². The zero-order chi connectivity index (χ0) is 22.4. The number of carbonyl (C=O) groups is 1. The number of H-pyrrole nitrogens is 1. The minimum atomic E-state index is -4.96. The van der Waals surface area contributed by atoms with E-state index in [9.17, 15) is 23.1 Å². The molecule has 0 spiro atoms. The standard InChI is InChI=1S/C20H24F3N5O3/c1-11-10-28(17(30)15(29)20(21,22)23)8-5-13(11)19(6-7-19)18-25-16(26-27-18)12-3-4-14(31-2)24-9-12/h3-4,9,11,13,15,29H,5-8,10H2,1-2H3,(H,25,26,27)/t11?,13?,15-/m1/s1. The largest absolute Gasteiger partial charge is 0.481 e. The van der Waals surface area contributed by atoms with Crippen LogP contribution in [0.3, 0.4) is 0 Å². The number of ether oxygens (including phenoxy) is 1. The summed E-state index contributed by atoms with van der Waals surface area (Å²) < 4.78 is 43.2. The lowest BCUT2D eigenvalue weighted by Crippen LogP contribution is -2.52. The summed E-state index contributed by atoms with van der Waals surface area (Å²) in [6.07, 6.45) is -3.95. The Balaban J connectivity index is 1.47. The lowest BCUT2D eigenvalue weighted by atomic mass is 9.74. The molecule has 2 unspecified atom stereocenters. The number of amides is 1. The molecule has 8 nitrogen and oxygen atoms in total. The van der Waals surface area contributed by atoms with Crippen LogP contribution in [-0.4, -0.2) is 68.6 Å². The number of aromatic amines is 1. The first kappa shape index (κ1) is 21.5. The Hall–Kier alpha value is -2.69. The third-order valence-electron chi connectivity index (χ3n) is 6.44. The van der Waals surface area contributed by atoms with E-state index < -0.39 is 18.2 Å². The van der Waals surface area contributed by atoms with Gasteiger partial charge in [0.15, 0.2) is 5.82 Å². The van der Waals surface area contributed by atoms with Crippen LogP contribution in [0.4, 0.5) is 13.2 Å². The lowest BCUT2D eigenvalue weighted by molar-refractivity contribution is -0.211. The van der Waals surface area contributed by atoms with Gasteiger partial charge in [0.05, 0.1) is 7.11 Å². The van der Waals surface area contributed by atoms with E-state index in [4.69, 9.17) is 4.74 Å². The minimum Gasteiger partial charge on any atom is -0.481 e. The summed E-state index contributed by atoms with van der Waals surface area (Å²) in [5.74, 6) is 0.658. The third-order valence-corrected chi connectivity index (χ3v) is 6.44. The first-order valence-electron chi connectivity index (χ1n) is 10.1. The molecule has 2 aromatic rings. The molecule has 2 fully saturated rings. The van der Waals surface area contributed by atoms with Gasteiger partial charge in [0.2, 0.25) is 12.0 Å². The molecular formula is C20H24F3N5O3. The highest BCUT2D eigenvalue weighted by atomic mass is 19.4. The zero-order valence-electron chi connectivity index (χ0n) is 17.2. The predicted molar refractivity (Wildman–Crippen MR) is 103 cm³/mol. The molecule has 11 heteroatoms. The van der Waals surface area contributed by atoms with Gasteiger partial charge in [-0.25, -0.2) is 4.98 Å². The number of alkyl halides is 3. The highest BCUT2D eigenvalue weighted by Crippen LogP contribution is 2.57. The first-order valence-corrected chi connectivity index (χ1v) is 10.1. The summed E-state index contributed by atoms with van der Waals surface area (Å²) in [5.41, 5.74) is 0.549. The molecule has 31 heavy (non-hydrogen) atoms. The zero-order valence-corrected chi connectivity index (χ0v) is 17.2. The number of aliphatic hydroxyl groups is 1. The Kier molecular flexibility index (Phi) is 5.40. The lowest BCUT2D eigenvalue weighted by Gasteiger charge is -2.41. The maximum absolute atomic E-state index is 12.7. The van der Waals surface area contributed by atoms with Crippen molar-refractivity contribution < 1.29 is 27.8 Å². The van der Waals surface area contributed by atoms with Crippen LogP contribution in [-0.2, 0) is 10.2 Å². The second kappa shape index (κ2) is 7.77. The van der Waals surface area contributed by atoms with Gasteiger partial charge in [-0.1, -0.05) is 6.92 Å². The molecule has 2 N–H and O–H groups in total. The van der Waals surface area contributed by atoms with E-state index >= 15 is 0 Å². The van der Waals surface area contributed by atoms with Crippen LogP contribution < -0.4 is 4.74 Å². The molecule has 0 bridgehead atoms. The van der Waals surface area contributed by atoms with Crippen molar-refractivity contribution >= 4 is 5.91 Å². The van der Waals surface area contributed by atoms with Crippen molar-refractivity contribution in [1.82, 2.24) is 25.1 Å². The normalized spacial score (nSPS) is 24.0. The second-order valence-corrected chi connectivity index (χ2v) is 8.37. The van der Waals surface area contributed by atoms with Gasteiger partial charge in [0, 0.05) is 36.3 Å². The summed E-state index contributed by atoms with van der Waals surface area (Å²) in [6.45, 7) is 2.27. The van der Waals surface area contributed by atoms with Crippen molar-refractivity contribution in [3.05, 3.63) is 24.2 Å². The Bertz CT molecular complexity index is 942. The van der Waals surface area contributed by atoms with E-state index in [1.54, 1.807) is 12.3 Å². The Morgan fingerprint density at radius 1 is 1.35 bits per heavy atom. The predicted octanol–water partition coefficient (Wildman–Crippen LogP) is 2.31. The van der Waals surface area contributed by atoms with Crippen LogP contribution >= 0.6 is 0 Å². The van der Waals surface area contributed by atoms with Crippen LogP contribution in [0.25, 0.3) is 11.4 Å². The number of hydrogen-bond donors (Lipinski definition) is 2. The van der Waals surface area contributed by atoms with Crippen LogP contribution in [0.2, 0.25) is 0 Å². The summed E-state index contributed by atoms with van der Waals surface area (Å²) in [5, 5.41) is 17.9. The smallest absolute Gasteiger partial charge is 0.423 e. The molecule has 1 saturated heterocycles. The molecule has 1 amide bonds. The number of pyridine rings is 1. The molecule has 4 rings (SSSR count). The number of carbonyl (C=O) groups excluding carboxylic acids is 1. The van der Waals surface area contributed by atoms with Crippen molar-refractivity contribution in [3.63, 3.8) is 0 Å². The first-order chi connectivity index (χ1) is 14.7. The van der Waals surface area contributed by atoms with Crippen molar-refractivity contribution in [2.45, 2.75) is 43.9 Å². The number of nitrogens with one attached hydrogen (secondary N) is 1. The quantitative estimate of drug-likeness (QED) is 0.741. The number of halogens is 3. The van der Waals surface area contributed by atoms with E-state index in [1.807, 2.05) is 13.0 Å². The third kappa shape index (κ3) is 3.98. The van der Waals surface area contributed by atoms with Gasteiger partial charge in [-0.3, -0.25) is 4.79 Å². The topological polar surface area (TPSA) is 104 Å². The molecule has 1 aliphatic carbocycles. The number of aliphatic hydroxyl groups excluding tert-OH is 1. The van der Waals surface area contributed by atoms with Gasteiger partial charge in [0.1, 0.15) is 5.82 Å². The summed E-state index contributed by atoms with van der Waals surface area (Å²) in [7, 11) is 1.54. The number of aromatic nitrogens is 4. The van der Waals surface area contributed by atoms with E-state index in [0.717, 1.165) is 29.1 Å². The van der Waals surface area contributed by atoms with Gasteiger partial charge in [-0.15, -0.1) is 10.2 Å². The van der Waals surface area contributed by atoms with E-state index in [0.29, 0.717) is 18.1 Å². The molecule has 3 heterocycles. The summed E-state index contributed by atoms with van der Waals surface area (Å²) in [4.78, 5) is 20.6. The van der Waals surface area contributed by atoms with Gasteiger partial charge < -0.3 is 19.7 Å². The maximum Gasteiger partial charge on any atom is 0.423 e. The Labute approximate surface area is 176 Å². The monoisotopic (exact) mass is 439 g/mol. The fourth-order valence-corrected chi connectivity index (χ4v) is 4.65. The van der Waals surface area contributed by atoms with Crippen molar-refractivity contribution in [3.8, 4) is 17.3 Å². The number of methoxy groups -OCH3 is 1. The second-order valence-electron chi connectivity index (χ2n) is 8.37. The number of piperidine rings is 1. The molecule has 2 aliphatic rings. The fourth-order valence-electron chi connectivity index (χ4n) is 4.65. The average molecular weight is 439 g/mol. The van der Waals surface area contributed by atoms with Gasteiger partial charge >= 0.3 is 6.18 Å². The fraction of sp³-hybridized carbons (Fsp3) is 0.600. The van der Waals surface area contributed by atoms with Gasteiger partial charge in [0.25, 0.3) is 5.91 Å². The van der Waals surface area contributed by atoms with E-state index in [2.05, 4.69) is 20.2 Å². The number of hydrogen-bond acceptors (Lipinski definition) is 6. The van der Waals surface area contributed by atoms with E-state index in [-0.39, 0.29) is 30.3 Å². The highest BCUT2D eigenvalue weighted by Gasteiger charge is 2.56. The Morgan fingerprint density at radius 3 is 2.65 bits per heavy atom. The van der Waals surface area contributed by atoms with Crippen molar-refractivity contribution in [1.29, 1.82) is 0 Å². The SMILES string of the molecule is COc1ccc(-c2nnc(C3(C4CCN(C(=O)[C@@H](O)C(F)(F)F)CC4C)CC3)[nH]2)cn1. The van der Waals surface area contributed by atoms with Crippen molar-refractivity contribution in [2.24, 2.45) is 11.8 Å². The Morgan fingerprint density at radius 2 is 2.10 bits per heavy atom. The molecule has 0 radical (unpaired) electrons. The summed E-state index contributed by atoms with van der Waals surface area (Å²) >= 11 is 0. The molecule has 3 atom stereocenters. The molecule has 0 aromatic carbocycles.